The Morgan fingerprint density at radius 1 is 0.458 bits per heavy atom. The molecular weight excluding hydrogens is 585 g/mol. The molecule has 2 N–H and O–H groups in total. The molecule has 230 valence electrons. The van der Waals surface area contributed by atoms with Gasteiger partial charge in [-0.2, -0.15) is 0 Å². The molecule has 4 heteroatoms. The minimum atomic E-state index is 0.0305. The van der Waals surface area contributed by atoms with Crippen molar-refractivity contribution in [3.8, 4) is 0 Å². The summed E-state index contributed by atoms with van der Waals surface area (Å²) in [6.07, 6.45) is 13.4. The van der Waals surface area contributed by atoms with E-state index in [4.69, 9.17) is 9.98 Å². The fraction of sp³-hybridized carbons (Fsp3) is 0.0909. The Hall–Kier alpha value is -5.84. The highest BCUT2D eigenvalue weighted by atomic mass is 15.0. The van der Waals surface area contributed by atoms with Crippen LogP contribution in [-0.4, -0.2) is 28.5 Å². The lowest BCUT2D eigenvalue weighted by Gasteiger charge is -2.28. The number of hydrogen-bond acceptors (Lipinski definition) is 3. The van der Waals surface area contributed by atoms with Crippen LogP contribution >= 0.6 is 0 Å². The molecule has 5 heterocycles. The van der Waals surface area contributed by atoms with Crippen molar-refractivity contribution in [2.75, 3.05) is 0 Å². The van der Waals surface area contributed by atoms with Crippen molar-refractivity contribution < 1.29 is 0 Å². The van der Waals surface area contributed by atoms with Gasteiger partial charge in [-0.3, -0.25) is 4.99 Å². The van der Waals surface area contributed by atoms with Crippen LogP contribution in [0.25, 0.3) is 11.1 Å². The standard InChI is InChI=1S/C44H34N4/c1-5-13-29(14-6-1)41-33-21-23-35(45-33)42(30-15-7-2-8-16-30)37-25-27-39(47-37)44(32-19-11-4-12-20-32)40-28-26-38(48-40)43(31-17-9-3-10-18-31)36-24-22-34(41)46-36/h1-28,33,35,41-42,45-46H/b43-38?,44-39-. The molecule has 9 rings (SSSR count). The van der Waals surface area contributed by atoms with Gasteiger partial charge >= 0.3 is 0 Å². The fourth-order valence-corrected chi connectivity index (χ4v) is 7.60. The summed E-state index contributed by atoms with van der Waals surface area (Å²) < 4.78 is 0. The number of H-pyrrole nitrogens is 1. The van der Waals surface area contributed by atoms with Crippen molar-refractivity contribution in [2.45, 2.75) is 23.9 Å². The summed E-state index contributed by atoms with van der Waals surface area (Å²) in [5.41, 5.74) is 12.8. The molecule has 0 fully saturated rings. The Labute approximate surface area is 281 Å². The van der Waals surface area contributed by atoms with E-state index in [9.17, 15) is 0 Å². The van der Waals surface area contributed by atoms with E-state index in [1.165, 1.54) is 11.1 Å². The van der Waals surface area contributed by atoms with E-state index >= 15 is 0 Å². The van der Waals surface area contributed by atoms with Gasteiger partial charge in [0.2, 0.25) is 0 Å². The lowest BCUT2D eigenvalue weighted by molar-refractivity contribution is 0.506. The van der Waals surface area contributed by atoms with Crippen LogP contribution in [0.3, 0.4) is 0 Å². The van der Waals surface area contributed by atoms with Crippen molar-refractivity contribution >= 4 is 22.6 Å². The van der Waals surface area contributed by atoms with Gasteiger partial charge in [-0.15, -0.1) is 0 Å². The molecule has 0 saturated heterocycles. The quantitative estimate of drug-likeness (QED) is 0.194. The van der Waals surface area contributed by atoms with E-state index in [1.54, 1.807) is 0 Å². The minimum absolute atomic E-state index is 0.0305. The second kappa shape index (κ2) is 12.1. The number of aliphatic imine (C=N–C) groups is 2. The maximum atomic E-state index is 5.41. The molecule has 1 aromatic heterocycles. The monoisotopic (exact) mass is 618 g/mol. The molecule has 5 aromatic rings. The normalized spacial score (nSPS) is 24.2. The van der Waals surface area contributed by atoms with Crippen LogP contribution in [0.2, 0.25) is 0 Å². The van der Waals surface area contributed by atoms with Crippen molar-refractivity contribution in [3.05, 3.63) is 215 Å². The average Bonchev–Trinajstić information content (AvgIpc) is 3.98. The van der Waals surface area contributed by atoms with E-state index in [0.29, 0.717) is 0 Å². The van der Waals surface area contributed by atoms with Gasteiger partial charge in [0.1, 0.15) is 0 Å². The van der Waals surface area contributed by atoms with Crippen molar-refractivity contribution in [1.29, 1.82) is 0 Å². The third-order valence-electron chi connectivity index (χ3n) is 9.77. The summed E-state index contributed by atoms with van der Waals surface area (Å²) in [6, 6.07) is 47.3. The first-order valence-corrected chi connectivity index (χ1v) is 16.7. The SMILES string of the molecule is C1=CC2=C(c3ccccc3)c3ccc([nH]3)C(c3ccccc3)C3C=CC(N3)C(c3ccccc3)C3=N/C(=C(/c4ccccc4)C1=N2)C=C3. The molecule has 8 bridgehead atoms. The minimum Gasteiger partial charge on any atom is -0.358 e. The molecule has 4 nitrogen and oxygen atoms in total. The second-order valence-corrected chi connectivity index (χ2v) is 12.7. The first-order valence-electron chi connectivity index (χ1n) is 16.7. The number of hydrogen-bond donors (Lipinski definition) is 2. The predicted octanol–water partition coefficient (Wildman–Crippen LogP) is 9.03. The number of aromatic nitrogens is 1. The average molecular weight is 619 g/mol. The summed E-state index contributed by atoms with van der Waals surface area (Å²) in [7, 11) is 0. The highest BCUT2D eigenvalue weighted by molar-refractivity contribution is 6.32. The lowest BCUT2D eigenvalue weighted by atomic mass is 9.87. The zero-order valence-corrected chi connectivity index (χ0v) is 26.4. The van der Waals surface area contributed by atoms with Gasteiger partial charge in [0.05, 0.1) is 22.8 Å². The van der Waals surface area contributed by atoms with E-state index in [1.807, 2.05) is 0 Å². The topological polar surface area (TPSA) is 52.5 Å². The number of allylic oxidation sites excluding steroid dienone is 5. The molecule has 0 aliphatic carbocycles. The molecule has 0 spiro atoms. The summed E-state index contributed by atoms with van der Waals surface area (Å²) >= 11 is 0. The van der Waals surface area contributed by atoms with Crippen molar-refractivity contribution in [3.63, 3.8) is 0 Å². The number of rotatable bonds is 4. The predicted molar refractivity (Wildman–Crippen MR) is 197 cm³/mol. The largest absolute Gasteiger partial charge is 0.358 e. The maximum Gasteiger partial charge on any atom is 0.0738 e. The Morgan fingerprint density at radius 3 is 1.67 bits per heavy atom. The highest BCUT2D eigenvalue weighted by Crippen LogP contribution is 2.39. The molecule has 4 aromatic carbocycles. The molecule has 4 aliphatic heterocycles. The smallest absolute Gasteiger partial charge is 0.0738 e. The third-order valence-corrected chi connectivity index (χ3v) is 9.77. The first kappa shape index (κ1) is 28.4. The molecular formula is C44H34N4. The van der Waals surface area contributed by atoms with E-state index < -0.39 is 0 Å². The third kappa shape index (κ3) is 5.07. The van der Waals surface area contributed by atoms with E-state index in [0.717, 1.165) is 56.5 Å². The lowest BCUT2D eigenvalue weighted by Crippen LogP contribution is -2.40. The Balaban J connectivity index is 1.30. The van der Waals surface area contributed by atoms with Crippen LogP contribution in [0.15, 0.2) is 191 Å². The molecule has 4 unspecified atom stereocenters. The van der Waals surface area contributed by atoms with Gasteiger partial charge in [0.25, 0.3) is 0 Å². The van der Waals surface area contributed by atoms with Crippen LogP contribution in [0, 0.1) is 0 Å². The number of fused-ring (bicyclic) bond motifs is 6. The molecule has 0 amide bonds. The second-order valence-electron chi connectivity index (χ2n) is 12.7. The Morgan fingerprint density at radius 2 is 1.00 bits per heavy atom. The molecule has 48 heavy (non-hydrogen) atoms. The van der Waals surface area contributed by atoms with Gasteiger partial charge in [0, 0.05) is 46.5 Å². The summed E-state index contributed by atoms with van der Waals surface area (Å²) in [5.74, 6) is 0.106. The van der Waals surface area contributed by atoms with Gasteiger partial charge in [-0.1, -0.05) is 133 Å². The van der Waals surface area contributed by atoms with Crippen LogP contribution < -0.4 is 5.32 Å². The summed E-state index contributed by atoms with van der Waals surface area (Å²) in [5, 5.41) is 4.06. The molecule has 4 atom stereocenters. The maximum absolute atomic E-state index is 5.41. The van der Waals surface area contributed by atoms with Gasteiger partial charge in [-0.05, 0) is 58.7 Å². The zero-order valence-electron chi connectivity index (χ0n) is 26.4. The summed E-state index contributed by atoms with van der Waals surface area (Å²) in [6.45, 7) is 0. The van der Waals surface area contributed by atoms with E-state index in [-0.39, 0.29) is 23.9 Å². The van der Waals surface area contributed by atoms with E-state index in [2.05, 4.69) is 180 Å². The van der Waals surface area contributed by atoms with Crippen molar-refractivity contribution in [1.82, 2.24) is 10.3 Å². The first-order chi connectivity index (χ1) is 23.8. The van der Waals surface area contributed by atoms with Crippen LogP contribution in [0.5, 0.6) is 0 Å². The van der Waals surface area contributed by atoms with Crippen LogP contribution in [0.1, 0.15) is 45.5 Å². The zero-order chi connectivity index (χ0) is 31.9. The summed E-state index contributed by atoms with van der Waals surface area (Å²) in [4.78, 5) is 14.7. The van der Waals surface area contributed by atoms with Crippen LogP contribution in [-0.2, 0) is 0 Å². The van der Waals surface area contributed by atoms with Gasteiger partial charge in [0.15, 0.2) is 0 Å². The molecule has 0 radical (unpaired) electrons. The number of benzene rings is 4. The Bertz CT molecular complexity index is 2200. The number of nitrogens with one attached hydrogen (secondary N) is 2. The fourth-order valence-electron chi connectivity index (χ4n) is 7.60. The van der Waals surface area contributed by atoms with Gasteiger partial charge in [-0.25, -0.2) is 4.99 Å². The van der Waals surface area contributed by atoms with Crippen LogP contribution in [0.4, 0.5) is 0 Å². The number of aromatic amines is 1. The van der Waals surface area contributed by atoms with Gasteiger partial charge < -0.3 is 10.3 Å². The highest BCUT2D eigenvalue weighted by Gasteiger charge is 2.36. The molecule has 4 aliphatic rings. The Kier molecular flexibility index (Phi) is 7.14. The number of nitrogens with zero attached hydrogens (tertiary/aromatic N) is 2. The van der Waals surface area contributed by atoms with Crippen molar-refractivity contribution in [2.24, 2.45) is 9.98 Å². The molecule has 0 saturated carbocycles.